The highest BCUT2D eigenvalue weighted by atomic mass is 35.5. The molecule has 0 fully saturated rings. The van der Waals surface area contributed by atoms with Crippen LogP contribution in [0.15, 0.2) is 42.7 Å². The van der Waals surface area contributed by atoms with Crippen LogP contribution in [0.1, 0.15) is 11.1 Å². The Morgan fingerprint density at radius 2 is 2.11 bits per heavy atom. The molecule has 0 amide bonds. The molecule has 2 rings (SSSR count). The molecule has 3 nitrogen and oxygen atoms in total. The molecule has 2 aromatic rings. The lowest BCUT2D eigenvalue weighted by Crippen LogP contribution is -2.38. The van der Waals surface area contributed by atoms with E-state index in [0.29, 0.717) is 23.4 Å². The summed E-state index contributed by atoms with van der Waals surface area (Å²) in [5, 5.41) is 0.423. The van der Waals surface area contributed by atoms with Crippen LogP contribution in [0, 0.1) is 5.82 Å². The molecule has 0 aliphatic rings. The molecule has 1 atom stereocenters. The van der Waals surface area contributed by atoms with Crippen LogP contribution in [-0.4, -0.2) is 11.0 Å². The van der Waals surface area contributed by atoms with Crippen LogP contribution in [0.2, 0.25) is 5.02 Å². The fourth-order valence-electron chi connectivity index (χ4n) is 1.97. The van der Waals surface area contributed by atoms with Gasteiger partial charge in [-0.2, -0.15) is 0 Å². The zero-order chi connectivity index (χ0) is 13.7. The first-order valence-corrected chi connectivity index (χ1v) is 6.36. The van der Waals surface area contributed by atoms with E-state index in [1.165, 1.54) is 6.07 Å². The summed E-state index contributed by atoms with van der Waals surface area (Å²) in [6.07, 6.45) is 4.57. The standard InChI is InChI=1S/C14H15ClFN3/c15-13-4-1-5-14(16)12(13)8-11(19-17)7-10-3-2-6-18-9-10/h1-6,9,11,19H,7-8,17H2. The maximum Gasteiger partial charge on any atom is 0.127 e. The summed E-state index contributed by atoms with van der Waals surface area (Å²) >= 11 is 6.01. The summed E-state index contributed by atoms with van der Waals surface area (Å²) in [6, 6.07) is 8.39. The number of hydrogen-bond acceptors (Lipinski definition) is 3. The topological polar surface area (TPSA) is 50.9 Å². The van der Waals surface area contributed by atoms with Crippen LogP contribution in [0.3, 0.4) is 0 Å². The van der Waals surface area contributed by atoms with Gasteiger partial charge in [0.25, 0.3) is 0 Å². The highest BCUT2D eigenvalue weighted by Crippen LogP contribution is 2.21. The molecule has 0 saturated carbocycles. The molecule has 0 aliphatic heterocycles. The highest BCUT2D eigenvalue weighted by Gasteiger charge is 2.14. The third-order valence-electron chi connectivity index (χ3n) is 2.95. The Hall–Kier alpha value is -1.49. The molecule has 0 radical (unpaired) electrons. The molecule has 19 heavy (non-hydrogen) atoms. The van der Waals surface area contributed by atoms with E-state index in [9.17, 15) is 4.39 Å². The van der Waals surface area contributed by atoms with E-state index in [-0.39, 0.29) is 11.9 Å². The van der Waals surface area contributed by atoms with Crippen LogP contribution < -0.4 is 11.3 Å². The van der Waals surface area contributed by atoms with E-state index in [0.717, 1.165) is 5.56 Å². The Labute approximate surface area is 116 Å². The summed E-state index contributed by atoms with van der Waals surface area (Å²) in [6.45, 7) is 0. The molecule has 1 unspecified atom stereocenters. The van der Waals surface area contributed by atoms with Crippen molar-refractivity contribution in [3.63, 3.8) is 0 Å². The first kappa shape index (κ1) is 13.9. The van der Waals surface area contributed by atoms with Crippen LogP contribution in [0.25, 0.3) is 0 Å². The monoisotopic (exact) mass is 279 g/mol. The number of nitrogens with two attached hydrogens (primary N) is 1. The van der Waals surface area contributed by atoms with Gasteiger partial charge in [0.15, 0.2) is 0 Å². The minimum atomic E-state index is -0.307. The van der Waals surface area contributed by atoms with Gasteiger partial charge in [-0.1, -0.05) is 23.7 Å². The van der Waals surface area contributed by atoms with Crippen LogP contribution >= 0.6 is 11.6 Å². The minimum absolute atomic E-state index is 0.0985. The number of halogens is 2. The van der Waals surface area contributed by atoms with Crippen molar-refractivity contribution < 1.29 is 4.39 Å². The first-order chi connectivity index (χ1) is 9.20. The molecule has 3 N–H and O–H groups in total. The molecular weight excluding hydrogens is 265 g/mol. The van der Waals surface area contributed by atoms with E-state index in [1.807, 2.05) is 12.1 Å². The lowest BCUT2D eigenvalue weighted by molar-refractivity contribution is 0.506. The predicted molar refractivity (Wildman–Crippen MR) is 74.2 cm³/mol. The van der Waals surface area contributed by atoms with Gasteiger partial charge in [0.05, 0.1) is 0 Å². The molecule has 1 heterocycles. The Morgan fingerprint density at radius 1 is 1.26 bits per heavy atom. The Bertz CT molecular complexity index is 513. The molecule has 0 saturated heterocycles. The van der Waals surface area contributed by atoms with Crippen molar-refractivity contribution >= 4 is 11.6 Å². The molecule has 1 aromatic carbocycles. The summed E-state index contributed by atoms with van der Waals surface area (Å²) in [5.74, 6) is 5.23. The van der Waals surface area contributed by atoms with Crippen molar-refractivity contribution in [1.82, 2.24) is 10.4 Å². The number of hydrazine groups is 1. The quantitative estimate of drug-likeness (QED) is 0.653. The lowest BCUT2D eigenvalue weighted by atomic mass is 10.00. The van der Waals surface area contributed by atoms with Gasteiger partial charge in [-0.25, -0.2) is 4.39 Å². The average molecular weight is 280 g/mol. The second kappa shape index (κ2) is 6.61. The largest absolute Gasteiger partial charge is 0.271 e. The summed E-state index contributed by atoms with van der Waals surface area (Å²) in [7, 11) is 0. The molecule has 0 spiro atoms. The minimum Gasteiger partial charge on any atom is -0.271 e. The maximum atomic E-state index is 13.7. The van der Waals surface area contributed by atoms with Gasteiger partial charge in [-0.05, 0) is 36.6 Å². The Kier molecular flexibility index (Phi) is 4.85. The fraction of sp³-hybridized carbons (Fsp3) is 0.214. The van der Waals surface area contributed by atoms with Crippen molar-refractivity contribution in [3.8, 4) is 0 Å². The normalized spacial score (nSPS) is 12.4. The second-order valence-corrected chi connectivity index (χ2v) is 4.74. The number of pyridine rings is 1. The van der Waals surface area contributed by atoms with Crippen molar-refractivity contribution in [1.29, 1.82) is 0 Å². The molecule has 0 aliphatic carbocycles. The van der Waals surface area contributed by atoms with Crippen molar-refractivity contribution in [2.45, 2.75) is 18.9 Å². The lowest BCUT2D eigenvalue weighted by Gasteiger charge is -2.17. The summed E-state index contributed by atoms with van der Waals surface area (Å²) in [5.41, 5.74) is 4.22. The zero-order valence-corrected chi connectivity index (χ0v) is 11.1. The van der Waals surface area contributed by atoms with E-state index in [1.54, 1.807) is 24.5 Å². The number of benzene rings is 1. The Morgan fingerprint density at radius 3 is 2.74 bits per heavy atom. The molecule has 1 aromatic heterocycles. The predicted octanol–water partition coefficient (Wildman–Crippen LogP) is 2.49. The summed E-state index contributed by atoms with van der Waals surface area (Å²) < 4.78 is 13.7. The van der Waals surface area contributed by atoms with Crippen molar-refractivity contribution in [2.75, 3.05) is 0 Å². The molecular formula is C14H15ClFN3. The van der Waals surface area contributed by atoms with E-state index in [4.69, 9.17) is 17.4 Å². The number of nitrogens with zero attached hydrogens (tertiary/aromatic N) is 1. The van der Waals surface area contributed by atoms with E-state index in [2.05, 4.69) is 10.4 Å². The van der Waals surface area contributed by atoms with Crippen LogP contribution in [-0.2, 0) is 12.8 Å². The smallest absolute Gasteiger partial charge is 0.127 e. The van der Waals surface area contributed by atoms with Crippen LogP contribution in [0.5, 0.6) is 0 Å². The SMILES string of the molecule is NNC(Cc1cccnc1)Cc1c(F)cccc1Cl. The molecule has 100 valence electrons. The van der Waals surface area contributed by atoms with E-state index < -0.39 is 0 Å². The third kappa shape index (κ3) is 3.73. The highest BCUT2D eigenvalue weighted by molar-refractivity contribution is 6.31. The van der Waals surface area contributed by atoms with Gasteiger partial charge >= 0.3 is 0 Å². The molecule has 0 bridgehead atoms. The zero-order valence-electron chi connectivity index (χ0n) is 10.3. The van der Waals surface area contributed by atoms with Gasteiger partial charge < -0.3 is 0 Å². The second-order valence-electron chi connectivity index (χ2n) is 4.33. The van der Waals surface area contributed by atoms with Gasteiger partial charge in [-0.15, -0.1) is 0 Å². The van der Waals surface area contributed by atoms with Gasteiger partial charge in [-0.3, -0.25) is 16.3 Å². The van der Waals surface area contributed by atoms with Gasteiger partial charge in [0, 0.05) is 29.0 Å². The molecule has 5 heteroatoms. The Balaban J connectivity index is 2.11. The van der Waals surface area contributed by atoms with Crippen molar-refractivity contribution in [2.24, 2.45) is 5.84 Å². The number of hydrogen-bond donors (Lipinski definition) is 2. The first-order valence-electron chi connectivity index (χ1n) is 5.98. The van der Waals surface area contributed by atoms with Gasteiger partial charge in [0.1, 0.15) is 5.82 Å². The number of nitrogens with one attached hydrogen (secondary N) is 1. The van der Waals surface area contributed by atoms with E-state index >= 15 is 0 Å². The van der Waals surface area contributed by atoms with Crippen LogP contribution in [0.4, 0.5) is 4.39 Å². The van der Waals surface area contributed by atoms with Crippen molar-refractivity contribution in [3.05, 3.63) is 64.7 Å². The van der Waals surface area contributed by atoms with Gasteiger partial charge in [0.2, 0.25) is 0 Å². The number of aromatic nitrogens is 1. The fourth-order valence-corrected chi connectivity index (χ4v) is 2.21. The number of rotatable bonds is 5. The average Bonchev–Trinajstić information content (AvgIpc) is 2.43. The summed E-state index contributed by atoms with van der Waals surface area (Å²) in [4.78, 5) is 4.05. The third-order valence-corrected chi connectivity index (χ3v) is 3.31. The maximum absolute atomic E-state index is 13.7.